The van der Waals surface area contributed by atoms with Crippen molar-refractivity contribution in [2.45, 2.75) is 91.9 Å². The predicted octanol–water partition coefficient (Wildman–Crippen LogP) is 5.82. The zero-order valence-corrected chi connectivity index (χ0v) is 18.5. The maximum Gasteiger partial charge on any atom is 0.309 e. The third kappa shape index (κ3) is 8.46. The minimum absolute atomic E-state index is 0.372. The minimum Gasteiger partial charge on any atom is -0.507 e. The number of rotatable bonds is 14. The monoisotopic (exact) mass is 406 g/mol. The van der Waals surface area contributed by atoms with Gasteiger partial charge in [-0.1, -0.05) is 43.9 Å². The highest BCUT2D eigenvalue weighted by molar-refractivity contribution is 5.73. The van der Waals surface area contributed by atoms with Crippen LogP contribution in [0.15, 0.2) is 18.2 Å². The molecule has 0 fully saturated rings. The zero-order chi connectivity index (χ0) is 22.1. The Bertz CT molecular complexity index is 676. The molecule has 0 aliphatic heterocycles. The molecule has 1 aromatic carbocycles. The molecule has 0 aromatic heterocycles. The molecule has 0 heterocycles. The first-order valence-electron chi connectivity index (χ1n) is 10.7. The van der Waals surface area contributed by atoms with Crippen LogP contribution in [0.4, 0.5) is 0 Å². The van der Waals surface area contributed by atoms with E-state index in [-0.39, 0.29) is 0 Å². The summed E-state index contributed by atoms with van der Waals surface area (Å²) in [5.41, 5.74) is 0.522. The van der Waals surface area contributed by atoms with Crippen LogP contribution in [0.5, 0.6) is 5.75 Å². The molecule has 5 heteroatoms. The maximum atomic E-state index is 11.2. The number of phenols is 1. The van der Waals surface area contributed by atoms with Gasteiger partial charge in [0.05, 0.1) is 10.8 Å². The van der Waals surface area contributed by atoms with Crippen molar-refractivity contribution in [2.75, 3.05) is 0 Å². The molecule has 0 unspecified atom stereocenters. The highest BCUT2D eigenvalue weighted by Gasteiger charge is 2.26. The SMILES string of the molecule is CC(C)(CCCCCCc1cccc(CCCCC(C)(C)C(=O)O)c1O)C(=O)O. The number of unbranched alkanes of at least 4 members (excludes halogenated alkanes) is 4. The summed E-state index contributed by atoms with van der Waals surface area (Å²) in [5.74, 6) is -1.14. The van der Waals surface area contributed by atoms with Gasteiger partial charge in [0.1, 0.15) is 5.75 Å². The largest absolute Gasteiger partial charge is 0.507 e. The van der Waals surface area contributed by atoms with Gasteiger partial charge in [0.15, 0.2) is 0 Å². The first kappa shape index (κ1) is 25.0. The van der Waals surface area contributed by atoms with Crippen molar-refractivity contribution in [3.63, 3.8) is 0 Å². The Balaban J connectivity index is 2.38. The van der Waals surface area contributed by atoms with Crippen LogP contribution in [0.3, 0.4) is 0 Å². The molecule has 0 aliphatic carbocycles. The van der Waals surface area contributed by atoms with Gasteiger partial charge in [-0.2, -0.15) is 0 Å². The van der Waals surface area contributed by atoms with Gasteiger partial charge in [-0.05, 0) is 77.3 Å². The molecule has 0 amide bonds. The number of carboxylic acid groups (broad SMARTS) is 2. The molecular formula is C24H38O5. The predicted molar refractivity (Wildman–Crippen MR) is 115 cm³/mol. The lowest BCUT2D eigenvalue weighted by Crippen LogP contribution is -2.23. The Labute approximate surface area is 175 Å². The van der Waals surface area contributed by atoms with Crippen molar-refractivity contribution in [3.8, 4) is 5.75 Å². The molecule has 0 aliphatic rings. The van der Waals surface area contributed by atoms with Crippen LogP contribution in [0.1, 0.15) is 90.2 Å². The Morgan fingerprint density at radius 2 is 1.10 bits per heavy atom. The van der Waals surface area contributed by atoms with Crippen molar-refractivity contribution in [1.82, 2.24) is 0 Å². The number of aryl methyl sites for hydroxylation is 2. The molecule has 1 rings (SSSR count). The smallest absolute Gasteiger partial charge is 0.309 e. The third-order valence-corrected chi connectivity index (χ3v) is 5.86. The van der Waals surface area contributed by atoms with Crippen LogP contribution in [-0.4, -0.2) is 27.3 Å². The average Bonchev–Trinajstić information content (AvgIpc) is 2.63. The Morgan fingerprint density at radius 1 is 0.724 bits per heavy atom. The first-order valence-corrected chi connectivity index (χ1v) is 10.7. The molecule has 0 spiro atoms. The Morgan fingerprint density at radius 3 is 1.55 bits per heavy atom. The van der Waals surface area contributed by atoms with Crippen molar-refractivity contribution in [1.29, 1.82) is 0 Å². The van der Waals surface area contributed by atoms with E-state index >= 15 is 0 Å². The minimum atomic E-state index is -0.770. The number of phenolic OH excluding ortho intramolecular Hbond substituents is 1. The van der Waals surface area contributed by atoms with E-state index in [1.165, 1.54) is 0 Å². The van der Waals surface area contributed by atoms with Crippen LogP contribution in [0, 0.1) is 10.8 Å². The number of aromatic hydroxyl groups is 1. The van der Waals surface area contributed by atoms with Gasteiger partial charge in [-0.3, -0.25) is 9.59 Å². The highest BCUT2D eigenvalue weighted by Crippen LogP contribution is 2.29. The van der Waals surface area contributed by atoms with Gasteiger partial charge in [0.25, 0.3) is 0 Å². The fourth-order valence-corrected chi connectivity index (χ4v) is 3.38. The second kappa shape index (κ2) is 11.2. The van der Waals surface area contributed by atoms with Gasteiger partial charge in [0, 0.05) is 0 Å². The molecule has 0 atom stereocenters. The fourth-order valence-electron chi connectivity index (χ4n) is 3.38. The second-order valence-corrected chi connectivity index (χ2v) is 9.42. The van der Waals surface area contributed by atoms with Gasteiger partial charge in [0.2, 0.25) is 0 Å². The molecule has 0 bridgehead atoms. The van der Waals surface area contributed by atoms with Crippen LogP contribution >= 0.6 is 0 Å². The summed E-state index contributed by atoms with van der Waals surface area (Å²) in [5, 5.41) is 28.9. The Hall–Kier alpha value is -2.04. The van der Waals surface area contributed by atoms with Crippen molar-refractivity contribution >= 4 is 11.9 Å². The molecule has 3 N–H and O–H groups in total. The molecule has 164 valence electrons. The summed E-state index contributed by atoms with van der Waals surface area (Å²) >= 11 is 0. The fraction of sp³-hybridized carbons (Fsp3) is 0.667. The maximum absolute atomic E-state index is 11.2. The second-order valence-electron chi connectivity index (χ2n) is 9.42. The molecular weight excluding hydrogens is 368 g/mol. The average molecular weight is 407 g/mol. The van der Waals surface area contributed by atoms with Crippen molar-refractivity contribution in [3.05, 3.63) is 29.3 Å². The molecule has 0 radical (unpaired) electrons. The van der Waals surface area contributed by atoms with E-state index in [0.717, 1.165) is 62.5 Å². The number of carboxylic acids is 2. The van der Waals surface area contributed by atoms with Crippen molar-refractivity contribution < 1.29 is 24.9 Å². The number of benzene rings is 1. The number of carbonyl (C=O) groups is 2. The van der Waals surface area contributed by atoms with Gasteiger partial charge in [-0.15, -0.1) is 0 Å². The standard InChI is InChI=1S/C24H38O5/c1-23(2,21(26)27)16-9-6-5-7-12-18-14-11-15-19(20(18)25)13-8-10-17-24(3,4)22(28)29/h11,14-15,25H,5-10,12-13,16-17H2,1-4H3,(H,26,27)(H,28,29). The summed E-state index contributed by atoms with van der Waals surface area (Å²) < 4.78 is 0. The number of hydrogen-bond acceptors (Lipinski definition) is 3. The normalized spacial score (nSPS) is 12.1. The van der Waals surface area contributed by atoms with Crippen LogP contribution in [-0.2, 0) is 22.4 Å². The molecule has 29 heavy (non-hydrogen) atoms. The van der Waals surface area contributed by atoms with Crippen LogP contribution in [0.2, 0.25) is 0 Å². The number of hydrogen-bond donors (Lipinski definition) is 3. The number of aliphatic carboxylic acids is 2. The molecule has 1 aromatic rings. The lowest BCUT2D eigenvalue weighted by molar-refractivity contribution is -0.148. The third-order valence-electron chi connectivity index (χ3n) is 5.86. The lowest BCUT2D eigenvalue weighted by Gasteiger charge is -2.18. The summed E-state index contributed by atoms with van der Waals surface area (Å²) in [6.07, 6.45) is 8.43. The van der Waals surface area contributed by atoms with Gasteiger partial charge in [-0.25, -0.2) is 0 Å². The van der Waals surface area contributed by atoms with E-state index in [2.05, 4.69) is 0 Å². The Kier molecular flexibility index (Phi) is 9.67. The van der Waals surface area contributed by atoms with E-state index in [4.69, 9.17) is 5.11 Å². The lowest BCUT2D eigenvalue weighted by atomic mass is 9.86. The van der Waals surface area contributed by atoms with Crippen LogP contribution < -0.4 is 0 Å². The summed E-state index contributed by atoms with van der Waals surface area (Å²) in [7, 11) is 0. The summed E-state index contributed by atoms with van der Waals surface area (Å²) in [6.45, 7) is 7.02. The summed E-state index contributed by atoms with van der Waals surface area (Å²) in [6, 6.07) is 5.87. The zero-order valence-electron chi connectivity index (χ0n) is 18.5. The van der Waals surface area contributed by atoms with E-state index < -0.39 is 22.8 Å². The van der Waals surface area contributed by atoms with Gasteiger partial charge < -0.3 is 15.3 Å². The van der Waals surface area contributed by atoms with E-state index in [1.54, 1.807) is 27.7 Å². The van der Waals surface area contributed by atoms with Crippen molar-refractivity contribution in [2.24, 2.45) is 10.8 Å². The molecule has 5 nitrogen and oxygen atoms in total. The molecule has 0 saturated carbocycles. The summed E-state index contributed by atoms with van der Waals surface area (Å²) in [4.78, 5) is 22.3. The highest BCUT2D eigenvalue weighted by atomic mass is 16.4. The number of para-hydroxylation sites is 1. The van der Waals surface area contributed by atoms with Crippen LogP contribution in [0.25, 0.3) is 0 Å². The first-order chi connectivity index (χ1) is 13.5. The van der Waals surface area contributed by atoms with E-state index in [9.17, 15) is 19.8 Å². The topological polar surface area (TPSA) is 94.8 Å². The van der Waals surface area contributed by atoms with E-state index in [0.29, 0.717) is 18.6 Å². The van der Waals surface area contributed by atoms with Gasteiger partial charge >= 0.3 is 11.9 Å². The molecule has 0 saturated heterocycles. The quantitative estimate of drug-likeness (QED) is 0.338. The van der Waals surface area contributed by atoms with E-state index in [1.807, 2.05) is 18.2 Å².